The Balaban J connectivity index is 1.30. The predicted molar refractivity (Wildman–Crippen MR) is 134 cm³/mol. The molecule has 0 aliphatic heterocycles. The van der Waals surface area contributed by atoms with Gasteiger partial charge in [0.25, 0.3) is 5.91 Å². The number of rotatable bonds is 10. The molecule has 2 aromatic carbocycles. The molecule has 2 amide bonds. The Kier molecular flexibility index (Phi) is 8.78. The maximum absolute atomic E-state index is 13.5. The number of aliphatic hydroxyl groups is 1. The molecule has 4 N–H and O–H groups in total. The molecule has 8 nitrogen and oxygen atoms in total. The van der Waals surface area contributed by atoms with E-state index in [9.17, 15) is 27.9 Å². The second-order valence-corrected chi connectivity index (χ2v) is 9.92. The van der Waals surface area contributed by atoms with Crippen LogP contribution < -0.4 is 15.4 Å². The molecule has 3 aromatic rings. The number of imidazole rings is 1. The van der Waals surface area contributed by atoms with Gasteiger partial charge < -0.3 is 25.5 Å². The van der Waals surface area contributed by atoms with E-state index in [1.165, 1.54) is 12.1 Å². The summed E-state index contributed by atoms with van der Waals surface area (Å²) in [7, 11) is 0. The van der Waals surface area contributed by atoms with Crippen molar-refractivity contribution in [3.8, 4) is 5.75 Å². The van der Waals surface area contributed by atoms with Crippen LogP contribution >= 0.6 is 11.6 Å². The maximum Gasteiger partial charge on any atom is 0.258 e. The number of hydrogen-bond donors (Lipinski definition) is 4. The highest BCUT2D eigenvalue weighted by Crippen LogP contribution is 2.40. The number of halogens is 4. The highest BCUT2D eigenvalue weighted by atomic mass is 35.5. The van der Waals surface area contributed by atoms with Crippen LogP contribution in [0.15, 0.2) is 30.3 Å². The van der Waals surface area contributed by atoms with Gasteiger partial charge in [-0.1, -0.05) is 30.9 Å². The molecular weight excluding hydrogens is 525 g/mol. The third-order valence-corrected chi connectivity index (χ3v) is 7.01. The number of H-pyrrole nitrogens is 1. The van der Waals surface area contributed by atoms with Gasteiger partial charge in [-0.25, -0.2) is 18.2 Å². The SMILES string of the molecule is O=C(COc1ccc(Cl)c(F)c1)NCC(O)CC1(C(=O)NCc2nc3cc(F)c(F)cc3[nH]2)CCCCC1. The first-order chi connectivity index (χ1) is 18.1. The van der Waals surface area contributed by atoms with Gasteiger partial charge in [-0.3, -0.25) is 9.59 Å². The quantitative estimate of drug-likeness (QED) is 0.302. The molecule has 1 aliphatic carbocycles. The summed E-state index contributed by atoms with van der Waals surface area (Å²) in [6, 6.07) is 5.81. The minimum absolute atomic E-state index is 0.0218. The van der Waals surface area contributed by atoms with Crippen LogP contribution in [0.2, 0.25) is 5.02 Å². The zero-order chi connectivity index (χ0) is 27.3. The normalized spacial score (nSPS) is 15.7. The van der Waals surface area contributed by atoms with E-state index in [-0.39, 0.29) is 48.3 Å². The highest BCUT2D eigenvalue weighted by molar-refractivity contribution is 6.30. The average molecular weight is 553 g/mol. The minimum atomic E-state index is -1.01. The minimum Gasteiger partial charge on any atom is -0.484 e. The number of aliphatic hydroxyl groups excluding tert-OH is 1. The Bertz CT molecular complexity index is 1270. The summed E-state index contributed by atoms with van der Waals surface area (Å²) < 4.78 is 45.7. The van der Waals surface area contributed by atoms with Crippen LogP contribution in [0, 0.1) is 22.9 Å². The van der Waals surface area contributed by atoms with E-state index in [4.69, 9.17) is 16.3 Å². The lowest BCUT2D eigenvalue weighted by molar-refractivity contribution is -0.135. The summed E-state index contributed by atoms with van der Waals surface area (Å²) >= 11 is 5.62. The van der Waals surface area contributed by atoms with Crippen molar-refractivity contribution in [2.45, 2.75) is 51.2 Å². The Morgan fingerprint density at radius 2 is 1.82 bits per heavy atom. The lowest BCUT2D eigenvalue weighted by Crippen LogP contribution is -2.46. The number of nitrogens with one attached hydrogen (secondary N) is 3. The van der Waals surface area contributed by atoms with Gasteiger partial charge in [0.05, 0.1) is 34.1 Å². The summed E-state index contributed by atoms with van der Waals surface area (Å²) in [6.45, 7) is -0.453. The van der Waals surface area contributed by atoms with Crippen molar-refractivity contribution in [1.82, 2.24) is 20.6 Å². The first kappa shape index (κ1) is 27.7. The lowest BCUT2D eigenvalue weighted by atomic mass is 9.70. The third-order valence-electron chi connectivity index (χ3n) is 6.70. The molecule has 1 heterocycles. The van der Waals surface area contributed by atoms with Crippen LogP contribution in [0.25, 0.3) is 11.0 Å². The van der Waals surface area contributed by atoms with Crippen molar-refractivity contribution in [2.24, 2.45) is 5.41 Å². The molecule has 0 saturated heterocycles. The third kappa shape index (κ3) is 6.76. The molecule has 4 rings (SSSR count). The zero-order valence-corrected chi connectivity index (χ0v) is 21.2. The summed E-state index contributed by atoms with van der Waals surface area (Å²) in [5.74, 6) is -2.96. The Labute approximate surface area is 221 Å². The van der Waals surface area contributed by atoms with E-state index in [0.29, 0.717) is 24.2 Å². The predicted octanol–water partition coefficient (Wildman–Crippen LogP) is 4.15. The van der Waals surface area contributed by atoms with Crippen molar-refractivity contribution in [3.63, 3.8) is 0 Å². The molecule has 38 heavy (non-hydrogen) atoms. The molecule has 204 valence electrons. The van der Waals surface area contributed by atoms with Crippen molar-refractivity contribution >= 4 is 34.4 Å². The van der Waals surface area contributed by atoms with Crippen LogP contribution in [0.1, 0.15) is 44.3 Å². The second kappa shape index (κ2) is 12.0. The number of benzene rings is 2. The van der Waals surface area contributed by atoms with Gasteiger partial charge in [0.15, 0.2) is 18.2 Å². The van der Waals surface area contributed by atoms with Gasteiger partial charge in [0.1, 0.15) is 17.4 Å². The van der Waals surface area contributed by atoms with Gasteiger partial charge >= 0.3 is 0 Å². The summed E-state index contributed by atoms with van der Waals surface area (Å²) in [5, 5.41) is 16.0. The molecule has 1 unspecified atom stereocenters. The van der Waals surface area contributed by atoms with Gasteiger partial charge in [-0.15, -0.1) is 0 Å². The standard InChI is InChI=1S/C26H28ClF3N4O4/c27-17-5-4-16(8-18(17)28)38-14-24(36)31-12-15(35)11-26(6-2-1-3-7-26)25(37)32-13-23-33-21-9-19(29)20(30)10-22(21)34-23/h4-5,8-10,15,35H,1-3,6-7,11-14H2,(H,31,36)(H,32,37)(H,33,34). The van der Waals surface area contributed by atoms with Gasteiger partial charge in [0, 0.05) is 24.7 Å². The monoisotopic (exact) mass is 552 g/mol. The fraction of sp³-hybridized carbons (Fsp3) is 0.423. The summed E-state index contributed by atoms with van der Waals surface area (Å²) in [6.07, 6.45) is 2.91. The summed E-state index contributed by atoms with van der Waals surface area (Å²) in [5.41, 5.74) is -0.266. The van der Waals surface area contributed by atoms with E-state index < -0.39 is 34.9 Å². The second-order valence-electron chi connectivity index (χ2n) is 9.52. The number of hydrogen-bond acceptors (Lipinski definition) is 5. The van der Waals surface area contributed by atoms with Crippen LogP contribution in [0.3, 0.4) is 0 Å². The fourth-order valence-corrected chi connectivity index (χ4v) is 4.88. The number of fused-ring (bicyclic) bond motifs is 1. The van der Waals surface area contributed by atoms with Crippen LogP contribution in [-0.4, -0.2) is 46.1 Å². The number of ether oxygens (including phenoxy) is 1. The highest BCUT2D eigenvalue weighted by Gasteiger charge is 2.41. The van der Waals surface area contributed by atoms with Crippen molar-refractivity contribution in [3.05, 3.63) is 58.6 Å². The Hall–Kier alpha value is -3.31. The van der Waals surface area contributed by atoms with Crippen LogP contribution in [0.5, 0.6) is 5.75 Å². The maximum atomic E-state index is 13.5. The van der Waals surface area contributed by atoms with E-state index in [1.807, 2.05) is 0 Å². The molecule has 0 spiro atoms. The van der Waals surface area contributed by atoms with E-state index in [2.05, 4.69) is 20.6 Å². The van der Waals surface area contributed by atoms with Gasteiger partial charge in [-0.05, 0) is 31.4 Å². The van der Waals surface area contributed by atoms with Gasteiger partial charge in [-0.2, -0.15) is 0 Å². The molecule has 0 bridgehead atoms. The summed E-state index contributed by atoms with van der Waals surface area (Å²) in [4.78, 5) is 32.5. The van der Waals surface area contributed by atoms with Crippen LogP contribution in [-0.2, 0) is 16.1 Å². The molecule has 1 aliphatic rings. The molecule has 12 heteroatoms. The van der Waals surface area contributed by atoms with E-state index in [1.54, 1.807) is 0 Å². The number of carbonyl (C=O) groups is 2. The number of nitrogens with zero attached hydrogens (tertiary/aromatic N) is 1. The number of aromatic nitrogens is 2. The molecule has 1 aromatic heterocycles. The molecular formula is C26H28ClF3N4O4. The Morgan fingerprint density at radius 3 is 2.55 bits per heavy atom. The molecule has 1 atom stereocenters. The smallest absolute Gasteiger partial charge is 0.258 e. The van der Waals surface area contributed by atoms with E-state index >= 15 is 0 Å². The topological polar surface area (TPSA) is 116 Å². The van der Waals surface area contributed by atoms with Crippen molar-refractivity contribution < 1.29 is 32.6 Å². The number of aromatic amines is 1. The Morgan fingerprint density at radius 1 is 1.08 bits per heavy atom. The molecule has 0 radical (unpaired) electrons. The largest absolute Gasteiger partial charge is 0.484 e. The van der Waals surface area contributed by atoms with Crippen molar-refractivity contribution in [1.29, 1.82) is 0 Å². The first-order valence-electron chi connectivity index (χ1n) is 12.3. The first-order valence-corrected chi connectivity index (χ1v) is 12.7. The number of carbonyl (C=O) groups excluding carboxylic acids is 2. The molecule has 1 saturated carbocycles. The lowest BCUT2D eigenvalue weighted by Gasteiger charge is -2.37. The van der Waals surface area contributed by atoms with Crippen LogP contribution in [0.4, 0.5) is 13.2 Å². The van der Waals surface area contributed by atoms with Gasteiger partial charge in [0.2, 0.25) is 5.91 Å². The van der Waals surface area contributed by atoms with Crippen molar-refractivity contribution in [2.75, 3.05) is 13.2 Å². The number of amides is 2. The fourth-order valence-electron chi connectivity index (χ4n) is 4.77. The zero-order valence-electron chi connectivity index (χ0n) is 20.5. The average Bonchev–Trinajstić information content (AvgIpc) is 3.28. The molecule has 1 fully saturated rings. The van der Waals surface area contributed by atoms with E-state index in [0.717, 1.165) is 37.5 Å².